The quantitative estimate of drug-likeness (QED) is 0.289. The van der Waals surface area contributed by atoms with Crippen molar-refractivity contribution in [2.75, 3.05) is 6.54 Å². The Labute approximate surface area is 218 Å². The fourth-order valence-corrected chi connectivity index (χ4v) is 5.81. The average Bonchev–Trinajstić information content (AvgIpc) is 3.31. The van der Waals surface area contributed by atoms with Gasteiger partial charge in [-0.15, -0.1) is 10.2 Å². The summed E-state index contributed by atoms with van der Waals surface area (Å²) in [5.41, 5.74) is 2.49. The van der Waals surface area contributed by atoms with Crippen molar-refractivity contribution in [3.63, 3.8) is 0 Å². The predicted molar refractivity (Wildman–Crippen MR) is 145 cm³/mol. The molecule has 36 heavy (non-hydrogen) atoms. The van der Waals surface area contributed by atoms with Crippen molar-refractivity contribution in [2.24, 2.45) is 0 Å². The van der Waals surface area contributed by atoms with E-state index in [4.69, 9.17) is 4.74 Å². The summed E-state index contributed by atoms with van der Waals surface area (Å²) in [5.74, 6) is 1.91. The fraction of sp³-hybridized carbons (Fsp3) is 0.448. The monoisotopic (exact) mass is 505 g/mol. The van der Waals surface area contributed by atoms with Crippen LogP contribution in [0.2, 0.25) is 0 Å². The Bertz CT molecular complexity index is 1130. The molecule has 0 spiro atoms. The third kappa shape index (κ3) is 7.06. The molecule has 0 saturated heterocycles. The molecule has 0 amide bonds. The van der Waals surface area contributed by atoms with E-state index in [2.05, 4.69) is 50.9 Å². The zero-order valence-corrected chi connectivity index (χ0v) is 22.2. The minimum absolute atomic E-state index is 0.0307. The number of thioether (sulfide) groups is 1. The van der Waals surface area contributed by atoms with Gasteiger partial charge in [0.1, 0.15) is 30.9 Å². The van der Waals surface area contributed by atoms with Crippen molar-refractivity contribution in [1.29, 1.82) is 0 Å². The average molecular weight is 506 g/mol. The lowest BCUT2D eigenvalue weighted by Gasteiger charge is -2.22. The molecule has 2 aromatic carbocycles. The van der Waals surface area contributed by atoms with E-state index in [1.165, 1.54) is 11.1 Å². The number of nitrogens with one attached hydrogen (secondary N) is 1. The summed E-state index contributed by atoms with van der Waals surface area (Å²) in [7, 11) is 0. The molecular formula is C29H37N4O2S+. The van der Waals surface area contributed by atoms with Gasteiger partial charge in [0.15, 0.2) is 11.0 Å². The number of nitrogens with zero attached hydrogens (tertiary/aromatic N) is 3. The summed E-state index contributed by atoms with van der Waals surface area (Å²) >= 11 is 1.56. The third-order valence-corrected chi connectivity index (χ3v) is 7.95. The van der Waals surface area contributed by atoms with Gasteiger partial charge in [-0.25, -0.2) is 0 Å². The lowest BCUT2D eigenvalue weighted by atomic mass is 9.99. The second-order valence-corrected chi connectivity index (χ2v) is 10.5. The second kappa shape index (κ2) is 13.4. The van der Waals surface area contributed by atoms with Gasteiger partial charge in [0.05, 0.1) is 11.3 Å². The van der Waals surface area contributed by atoms with Crippen LogP contribution in [0.5, 0.6) is 5.75 Å². The Balaban J connectivity index is 1.45. The van der Waals surface area contributed by atoms with E-state index >= 15 is 0 Å². The van der Waals surface area contributed by atoms with Crippen molar-refractivity contribution in [1.82, 2.24) is 14.8 Å². The number of ether oxygens (including phenoxy) is 1. The Morgan fingerprint density at radius 1 is 1.11 bits per heavy atom. The third-order valence-electron chi connectivity index (χ3n) is 6.68. The molecule has 1 heterocycles. The van der Waals surface area contributed by atoms with Crippen LogP contribution in [0.15, 0.2) is 59.8 Å². The van der Waals surface area contributed by atoms with Crippen LogP contribution in [0.25, 0.3) is 0 Å². The molecule has 2 unspecified atom stereocenters. The van der Waals surface area contributed by atoms with Gasteiger partial charge in [-0.2, -0.15) is 0 Å². The minimum atomic E-state index is -0.0399. The normalized spacial score (nSPS) is 16.9. The van der Waals surface area contributed by atoms with Gasteiger partial charge in [-0.1, -0.05) is 60.6 Å². The van der Waals surface area contributed by atoms with Crippen molar-refractivity contribution in [3.8, 4) is 5.75 Å². The number of carbonyl (C=O) groups is 1. The molecule has 7 heteroatoms. The smallest absolute Gasteiger partial charge is 0.192 e. The Morgan fingerprint density at radius 2 is 1.92 bits per heavy atom. The number of rotatable bonds is 12. The van der Waals surface area contributed by atoms with E-state index < -0.39 is 0 Å². The number of aryl methyl sites for hydroxylation is 1. The maximum absolute atomic E-state index is 12.5. The number of benzene rings is 2. The van der Waals surface area contributed by atoms with Gasteiger partial charge in [-0.3, -0.25) is 14.4 Å². The van der Waals surface area contributed by atoms with Crippen LogP contribution in [0.3, 0.4) is 0 Å². The van der Waals surface area contributed by atoms with E-state index in [1.807, 2.05) is 43.5 Å². The van der Waals surface area contributed by atoms with Crippen molar-refractivity contribution >= 4 is 23.8 Å². The van der Waals surface area contributed by atoms with E-state index in [-0.39, 0.29) is 11.3 Å². The lowest BCUT2D eigenvalue weighted by Crippen LogP contribution is -2.68. The summed E-state index contributed by atoms with van der Waals surface area (Å²) in [5, 5.41) is 9.75. The summed E-state index contributed by atoms with van der Waals surface area (Å²) in [6, 6.07) is 18.7. The number of unbranched alkanes of at least 4 members (excludes halogenated alkanes) is 1. The molecule has 1 aliphatic carbocycles. The number of ketones is 1. The first-order valence-corrected chi connectivity index (χ1v) is 13.9. The molecule has 1 N–H and O–H groups in total. The number of Topliss-reactive ketones (excluding diaryl/α,β-unsaturated/α-hetero) is 1. The molecule has 1 fully saturated rings. The molecule has 0 aliphatic heterocycles. The molecule has 1 aromatic heterocycles. The molecule has 0 bridgehead atoms. The summed E-state index contributed by atoms with van der Waals surface area (Å²) < 4.78 is 8.28. The SMILES string of the molecule is CC=[NH+]CCCCc1ccc(OCc2nnc(SC3CCCCC3=O)n2C(C)c2ccccc2)cc1. The minimum Gasteiger partial charge on any atom is -0.486 e. The highest BCUT2D eigenvalue weighted by Crippen LogP contribution is 2.34. The molecule has 2 atom stereocenters. The molecule has 0 radical (unpaired) electrons. The number of carbonyl (C=O) groups excluding carboxylic acids is 1. The van der Waals surface area contributed by atoms with Gasteiger partial charge in [-0.05, 0) is 55.9 Å². The molecular weight excluding hydrogens is 468 g/mol. The number of aromatic nitrogens is 3. The van der Waals surface area contributed by atoms with E-state index in [0.29, 0.717) is 18.8 Å². The van der Waals surface area contributed by atoms with Crippen molar-refractivity contribution < 1.29 is 14.5 Å². The van der Waals surface area contributed by atoms with Crippen LogP contribution in [0, 0.1) is 0 Å². The van der Waals surface area contributed by atoms with Crippen LogP contribution in [-0.4, -0.2) is 38.6 Å². The highest BCUT2D eigenvalue weighted by molar-refractivity contribution is 8.00. The summed E-state index contributed by atoms with van der Waals surface area (Å²) in [6.45, 7) is 5.51. The molecule has 3 aromatic rings. The first-order chi connectivity index (χ1) is 17.7. The first kappa shape index (κ1) is 26.1. The van der Waals surface area contributed by atoms with E-state index in [0.717, 1.165) is 61.8 Å². The van der Waals surface area contributed by atoms with Crippen molar-refractivity contribution in [3.05, 3.63) is 71.5 Å². The maximum Gasteiger partial charge on any atom is 0.192 e. The zero-order chi connectivity index (χ0) is 25.2. The Kier molecular flexibility index (Phi) is 9.73. The van der Waals surface area contributed by atoms with Crippen LogP contribution in [0.4, 0.5) is 0 Å². The van der Waals surface area contributed by atoms with Crippen LogP contribution in [-0.2, 0) is 17.8 Å². The highest BCUT2D eigenvalue weighted by Gasteiger charge is 2.28. The predicted octanol–water partition coefficient (Wildman–Crippen LogP) is 4.56. The largest absolute Gasteiger partial charge is 0.486 e. The molecule has 1 aliphatic rings. The van der Waals surface area contributed by atoms with Gasteiger partial charge in [0.25, 0.3) is 0 Å². The lowest BCUT2D eigenvalue weighted by molar-refractivity contribution is -0.452. The van der Waals surface area contributed by atoms with Crippen LogP contribution < -0.4 is 9.73 Å². The zero-order valence-electron chi connectivity index (χ0n) is 21.4. The van der Waals surface area contributed by atoms with Gasteiger partial charge in [0.2, 0.25) is 0 Å². The van der Waals surface area contributed by atoms with E-state index in [1.54, 1.807) is 11.8 Å². The molecule has 1 saturated carbocycles. The molecule has 190 valence electrons. The standard InChI is InChI=1S/C29H36N4O2S/c1-3-30-20-10-9-11-23-16-18-25(19-17-23)35-21-28-31-32-29(36-27-15-8-7-14-26(27)34)33(28)22(2)24-12-5-4-6-13-24/h3-6,12-13,16-19,22,27H,7-11,14-15,20-21H2,1-2H3/p+1. The van der Waals surface area contributed by atoms with Crippen LogP contribution in [0.1, 0.15) is 75.4 Å². The fourth-order valence-electron chi connectivity index (χ4n) is 4.56. The summed E-state index contributed by atoms with van der Waals surface area (Å²) in [4.78, 5) is 15.7. The molecule has 4 rings (SSSR count). The molecule has 6 nitrogen and oxygen atoms in total. The highest BCUT2D eigenvalue weighted by atomic mass is 32.2. The van der Waals surface area contributed by atoms with Crippen molar-refractivity contribution in [2.45, 2.75) is 81.8 Å². The topological polar surface area (TPSA) is 71.0 Å². The van der Waals surface area contributed by atoms with Gasteiger partial charge >= 0.3 is 0 Å². The Hall–Kier alpha value is -2.93. The van der Waals surface area contributed by atoms with Gasteiger partial charge in [0, 0.05) is 19.8 Å². The first-order valence-electron chi connectivity index (χ1n) is 13.1. The maximum atomic E-state index is 12.5. The van der Waals surface area contributed by atoms with E-state index in [9.17, 15) is 4.79 Å². The summed E-state index contributed by atoms with van der Waals surface area (Å²) in [6.07, 6.45) is 9.03. The Morgan fingerprint density at radius 3 is 2.67 bits per heavy atom. The second-order valence-electron chi connectivity index (χ2n) is 9.31. The van der Waals surface area contributed by atoms with Crippen LogP contribution >= 0.6 is 11.8 Å². The number of hydrogen-bond donors (Lipinski definition) is 1. The number of hydrogen-bond acceptors (Lipinski definition) is 5. The van der Waals surface area contributed by atoms with Gasteiger partial charge < -0.3 is 4.74 Å².